The lowest BCUT2D eigenvalue weighted by atomic mass is 10.1. The van der Waals surface area contributed by atoms with Crippen molar-refractivity contribution in [3.8, 4) is 0 Å². The molecule has 0 aromatic carbocycles. The molecule has 0 aliphatic heterocycles. The summed E-state index contributed by atoms with van der Waals surface area (Å²) in [6.45, 7) is 4.01. The summed E-state index contributed by atoms with van der Waals surface area (Å²) in [5, 5.41) is 0. The van der Waals surface area contributed by atoms with Crippen LogP contribution in [0.5, 0.6) is 0 Å². The highest BCUT2D eigenvalue weighted by Gasteiger charge is 2.12. The molecule has 0 amide bonds. The Labute approximate surface area is 91.5 Å². The Bertz CT molecular complexity index is 384. The molecule has 0 saturated carbocycles. The Morgan fingerprint density at radius 2 is 2.00 bits per heavy atom. The maximum Gasteiger partial charge on any atom is 0.266 e. The first-order valence-electron chi connectivity index (χ1n) is 4.40. The van der Waals surface area contributed by atoms with Crippen molar-refractivity contribution in [2.45, 2.75) is 19.8 Å². The largest absolute Gasteiger partial charge is 0.348 e. The van der Waals surface area contributed by atoms with E-state index in [0.717, 1.165) is 5.69 Å². The minimum absolute atomic E-state index is 0.132. The van der Waals surface area contributed by atoms with Crippen LogP contribution in [0.4, 0.5) is 5.95 Å². The predicted molar refractivity (Wildman–Crippen MR) is 61.0 cm³/mol. The lowest BCUT2D eigenvalue weighted by Gasteiger charge is -2.14. The van der Waals surface area contributed by atoms with Crippen molar-refractivity contribution >= 4 is 21.9 Å². The van der Waals surface area contributed by atoms with Crippen molar-refractivity contribution in [3.05, 3.63) is 20.5 Å². The molecule has 4 nitrogen and oxygen atoms in total. The van der Waals surface area contributed by atoms with Crippen LogP contribution in [0.2, 0.25) is 0 Å². The molecule has 0 saturated heterocycles. The van der Waals surface area contributed by atoms with Gasteiger partial charge in [0, 0.05) is 14.1 Å². The minimum atomic E-state index is -0.132. The normalized spacial score (nSPS) is 10.7. The highest BCUT2D eigenvalue weighted by Crippen LogP contribution is 2.20. The molecular weight excluding hydrogens is 246 g/mol. The molecule has 1 aromatic rings. The first kappa shape index (κ1) is 11.2. The Hall–Kier alpha value is -0.840. The number of nitrogens with zero attached hydrogens (tertiary/aromatic N) is 2. The van der Waals surface area contributed by atoms with Crippen LogP contribution in [0.15, 0.2) is 9.27 Å². The Morgan fingerprint density at radius 3 is 2.43 bits per heavy atom. The molecule has 0 radical (unpaired) electrons. The number of H-pyrrole nitrogens is 1. The summed E-state index contributed by atoms with van der Waals surface area (Å²) in [5.74, 6) is 0.812. The van der Waals surface area contributed by atoms with E-state index in [0.29, 0.717) is 10.4 Å². The van der Waals surface area contributed by atoms with Gasteiger partial charge in [-0.1, -0.05) is 13.8 Å². The van der Waals surface area contributed by atoms with Gasteiger partial charge in [-0.3, -0.25) is 9.78 Å². The fraction of sp³-hybridized carbons (Fsp3) is 0.556. The zero-order valence-corrected chi connectivity index (χ0v) is 10.3. The van der Waals surface area contributed by atoms with E-state index in [1.807, 2.05) is 27.9 Å². The number of aromatic nitrogens is 2. The van der Waals surface area contributed by atoms with E-state index in [1.54, 1.807) is 4.90 Å². The van der Waals surface area contributed by atoms with Crippen molar-refractivity contribution in [1.82, 2.24) is 9.97 Å². The van der Waals surface area contributed by atoms with E-state index in [-0.39, 0.29) is 11.5 Å². The molecule has 0 spiro atoms. The molecule has 1 aromatic heterocycles. The summed E-state index contributed by atoms with van der Waals surface area (Å²) in [6.07, 6.45) is 0. The average Bonchev–Trinajstić information content (AvgIpc) is 2.08. The Kier molecular flexibility index (Phi) is 3.31. The van der Waals surface area contributed by atoms with Crippen LogP contribution in [0.25, 0.3) is 0 Å². The Morgan fingerprint density at radius 1 is 1.43 bits per heavy atom. The lowest BCUT2D eigenvalue weighted by Crippen LogP contribution is -2.21. The smallest absolute Gasteiger partial charge is 0.266 e. The van der Waals surface area contributed by atoms with Crippen molar-refractivity contribution in [1.29, 1.82) is 0 Å². The van der Waals surface area contributed by atoms with E-state index >= 15 is 0 Å². The summed E-state index contributed by atoms with van der Waals surface area (Å²) >= 11 is 3.24. The summed E-state index contributed by atoms with van der Waals surface area (Å²) in [5.41, 5.74) is 0.657. The molecule has 78 valence electrons. The van der Waals surface area contributed by atoms with Gasteiger partial charge in [0.05, 0.1) is 5.69 Å². The molecule has 0 unspecified atom stereocenters. The second-order valence-corrected chi connectivity index (χ2v) is 4.43. The quantitative estimate of drug-likeness (QED) is 0.880. The van der Waals surface area contributed by atoms with Crippen LogP contribution in [-0.2, 0) is 0 Å². The van der Waals surface area contributed by atoms with Crippen LogP contribution in [0.3, 0.4) is 0 Å². The van der Waals surface area contributed by atoms with Gasteiger partial charge in [0.15, 0.2) is 0 Å². The van der Waals surface area contributed by atoms with Gasteiger partial charge in [-0.15, -0.1) is 0 Å². The second-order valence-electron chi connectivity index (χ2n) is 3.64. The third kappa shape index (κ3) is 2.15. The van der Waals surface area contributed by atoms with Crippen molar-refractivity contribution in [3.63, 3.8) is 0 Å². The maximum absolute atomic E-state index is 11.5. The van der Waals surface area contributed by atoms with Gasteiger partial charge < -0.3 is 4.90 Å². The SMILES string of the molecule is CC(C)c1nc(N(C)C)[nH]c(=O)c1Br. The first-order chi connectivity index (χ1) is 6.43. The average molecular weight is 260 g/mol. The van der Waals surface area contributed by atoms with Gasteiger partial charge in [0.25, 0.3) is 5.56 Å². The summed E-state index contributed by atoms with van der Waals surface area (Å²) in [4.78, 5) is 20.3. The minimum Gasteiger partial charge on any atom is -0.348 e. The van der Waals surface area contributed by atoms with Gasteiger partial charge in [-0.2, -0.15) is 0 Å². The van der Waals surface area contributed by atoms with Gasteiger partial charge in [-0.05, 0) is 21.8 Å². The monoisotopic (exact) mass is 259 g/mol. The van der Waals surface area contributed by atoms with Crippen LogP contribution >= 0.6 is 15.9 Å². The molecule has 1 N–H and O–H groups in total. The molecule has 0 aliphatic rings. The Balaban J connectivity index is 3.36. The topological polar surface area (TPSA) is 49.0 Å². The fourth-order valence-corrected chi connectivity index (χ4v) is 1.70. The van der Waals surface area contributed by atoms with Crippen LogP contribution in [0, 0.1) is 0 Å². The molecule has 0 bridgehead atoms. The van der Waals surface area contributed by atoms with Gasteiger partial charge in [0.1, 0.15) is 4.47 Å². The molecule has 0 fully saturated rings. The fourth-order valence-electron chi connectivity index (χ4n) is 1.06. The number of hydrogen-bond acceptors (Lipinski definition) is 3. The third-order valence-electron chi connectivity index (χ3n) is 1.85. The number of rotatable bonds is 2. The lowest BCUT2D eigenvalue weighted by molar-refractivity contribution is 0.792. The van der Waals surface area contributed by atoms with Crippen LogP contribution in [0.1, 0.15) is 25.5 Å². The maximum atomic E-state index is 11.5. The number of aromatic amines is 1. The summed E-state index contributed by atoms with van der Waals surface area (Å²) in [6, 6.07) is 0. The summed E-state index contributed by atoms with van der Waals surface area (Å²) < 4.78 is 0.526. The van der Waals surface area contributed by atoms with Crippen molar-refractivity contribution < 1.29 is 0 Å². The van der Waals surface area contributed by atoms with E-state index in [9.17, 15) is 4.79 Å². The van der Waals surface area contributed by atoms with Crippen molar-refractivity contribution in [2.24, 2.45) is 0 Å². The molecule has 0 aliphatic carbocycles. The highest BCUT2D eigenvalue weighted by atomic mass is 79.9. The number of halogens is 1. The first-order valence-corrected chi connectivity index (χ1v) is 5.19. The zero-order valence-electron chi connectivity index (χ0n) is 8.76. The second kappa shape index (κ2) is 4.13. The van der Waals surface area contributed by atoms with Gasteiger partial charge >= 0.3 is 0 Å². The van der Waals surface area contributed by atoms with E-state index in [4.69, 9.17) is 0 Å². The van der Waals surface area contributed by atoms with Gasteiger partial charge in [0.2, 0.25) is 5.95 Å². The van der Waals surface area contributed by atoms with E-state index in [2.05, 4.69) is 25.9 Å². The molecular formula is C9H14BrN3O. The predicted octanol–water partition coefficient (Wildman–Crippen LogP) is 1.72. The highest BCUT2D eigenvalue weighted by molar-refractivity contribution is 9.10. The molecule has 14 heavy (non-hydrogen) atoms. The van der Waals surface area contributed by atoms with Crippen LogP contribution in [-0.4, -0.2) is 24.1 Å². The van der Waals surface area contributed by atoms with Crippen LogP contribution < -0.4 is 10.5 Å². The van der Waals surface area contributed by atoms with Gasteiger partial charge in [-0.25, -0.2) is 4.98 Å². The number of nitrogens with one attached hydrogen (secondary N) is 1. The van der Waals surface area contributed by atoms with E-state index < -0.39 is 0 Å². The molecule has 0 atom stereocenters. The van der Waals surface area contributed by atoms with Crippen molar-refractivity contribution in [2.75, 3.05) is 19.0 Å². The molecule has 5 heteroatoms. The molecule has 1 heterocycles. The molecule has 1 rings (SSSR count). The third-order valence-corrected chi connectivity index (χ3v) is 2.61. The summed E-state index contributed by atoms with van der Waals surface area (Å²) in [7, 11) is 3.69. The number of anilines is 1. The van der Waals surface area contributed by atoms with E-state index in [1.165, 1.54) is 0 Å². The number of hydrogen-bond donors (Lipinski definition) is 1. The standard InChI is InChI=1S/C9H14BrN3O/c1-5(2)7-6(10)8(14)12-9(11-7)13(3)4/h5H,1-4H3,(H,11,12,14). The zero-order chi connectivity index (χ0) is 10.9.